The highest BCUT2D eigenvalue weighted by Gasteiger charge is 2.43. The average Bonchev–Trinajstić information content (AvgIpc) is 2.11. The molecule has 0 saturated heterocycles. The number of hydrogen-bond donors (Lipinski definition) is 0. The van der Waals surface area contributed by atoms with Crippen LogP contribution in [0.15, 0.2) is 0 Å². The lowest BCUT2D eigenvalue weighted by Gasteiger charge is -2.38. The van der Waals surface area contributed by atoms with Crippen molar-refractivity contribution in [3.05, 3.63) is 0 Å². The molecule has 0 bridgehead atoms. The second-order valence-electron chi connectivity index (χ2n) is 9.25. The summed E-state index contributed by atoms with van der Waals surface area (Å²) in [6.45, 7) is 26.1. The van der Waals surface area contributed by atoms with Gasteiger partial charge < -0.3 is 0 Å². The molecular weight excluding hydrogens is 305 g/mol. The minimum atomic E-state index is -1.43. The molecule has 0 aromatic rings. The Labute approximate surface area is 132 Å². The van der Waals surface area contributed by atoms with Crippen LogP contribution < -0.4 is 0 Å². The molecule has 0 aliphatic carbocycles. The molecule has 0 fully saturated rings. The van der Waals surface area contributed by atoms with Crippen LogP contribution in [0.25, 0.3) is 0 Å². The molecule has 20 heavy (non-hydrogen) atoms. The summed E-state index contributed by atoms with van der Waals surface area (Å²) in [6.07, 6.45) is 0. The van der Waals surface area contributed by atoms with Crippen LogP contribution in [0.3, 0.4) is 0 Å². The monoisotopic (exact) mass is 337 g/mol. The predicted molar refractivity (Wildman–Crippen MR) is 105 cm³/mol. The summed E-state index contributed by atoms with van der Waals surface area (Å²) in [5.41, 5.74) is 14.6. The van der Waals surface area contributed by atoms with E-state index in [-0.39, 0.29) is 0 Å². The van der Waals surface area contributed by atoms with E-state index in [9.17, 15) is 0 Å². The van der Waals surface area contributed by atoms with Gasteiger partial charge in [0.2, 0.25) is 8.31 Å². The van der Waals surface area contributed by atoms with Crippen molar-refractivity contribution >= 4 is 32.1 Å². The molecule has 0 aromatic heterocycles. The van der Waals surface area contributed by atoms with E-state index in [1.807, 2.05) is 0 Å². The van der Waals surface area contributed by atoms with E-state index in [0.29, 0.717) is 5.04 Å². The average molecular weight is 338 g/mol. The normalized spacial score (nSPS) is 13.4. The fraction of sp³-hybridized carbons (Fsp3) is 0.750. The highest BCUT2D eigenvalue weighted by molar-refractivity contribution is 7.39. The zero-order chi connectivity index (χ0) is 16.4. The molecule has 0 nitrogen and oxygen atoms in total. The first-order chi connectivity index (χ1) is 8.56. The molecular formula is C16H33Si4. The van der Waals surface area contributed by atoms with E-state index < -0.39 is 32.1 Å². The first kappa shape index (κ1) is 20.0. The van der Waals surface area contributed by atoms with Crippen molar-refractivity contribution in [1.29, 1.82) is 0 Å². The van der Waals surface area contributed by atoms with E-state index in [1.54, 1.807) is 0 Å². The van der Waals surface area contributed by atoms with E-state index in [1.165, 1.54) is 0 Å². The first-order valence-corrected chi connectivity index (χ1v) is 20.0. The summed E-state index contributed by atoms with van der Waals surface area (Å²) in [7, 11) is -4.90. The third kappa shape index (κ3) is 7.13. The fourth-order valence-corrected chi connectivity index (χ4v) is 11.9. The van der Waals surface area contributed by atoms with Gasteiger partial charge in [-0.25, -0.2) is 0 Å². The van der Waals surface area contributed by atoms with Crippen LogP contribution in [0.4, 0.5) is 0 Å². The molecule has 0 aromatic carbocycles. The van der Waals surface area contributed by atoms with Gasteiger partial charge in [0.15, 0.2) is 0 Å². The molecule has 4 heteroatoms. The van der Waals surface area contributed by atoms with Gasteiger partial charge in [-0.05, 0) is 5.04 Å². The van der Waals surface area contributed by atoms with Crippen LogP contribution in [0.1, 0.15) is 20.8 Å². The molecule has 0 atom stereocenters. The Morgan fingerprint density at radius 2 is 0.950 bits per heavy atom. The van der Waals surface area contributed by atoms with Gasteiger partial charge in [0.05, 0.1) is 7.59 Å². The van der Waals surface area contributed by atoms with E-state index in [4.69, 9.17) is 0 Å². The van der Waals surface area contributed by atoms with Gasteiger partial charge in [0, 0.05) is 0 Å². The molecule has 0 aliphatic rings. The third-order valence-corrected chi connectivity index (χ3v) is 18.4. The minimum absolute atomic E-state index is 0.379. The van der Waals surface area contributed by atoms with Crippen molar-refractivity contribution in [2.75, 3.05) is 0 Å². The number of rotatable bonds is 1. The second-order valence-corrected chi connectivity index (χ2v) is 30.0. The smallest absolute Gasteiger partial charge is 0.138 e. The molecule has 0 spiro atoms. The Bertz CT molecular complexity index is 416. The Morgan fingerprint density at radius 1 is 0.650 bits per heavy atom. The molecule has 0 saturated carbocycles. The van der Waals surface area contributed by atoms with Crippen LogP contribution >= 0.6 is 0 Å². The second kappa shape index (κ2) is 6.40. The van der Waals surface area contributed by atoms with Gasteiger partial charge in [-0.3, -0.25) is 0 Å². The van der Waals surface area contributed by atoms with Crippen molar-refractivity contribution in [3.63, 3.8) is 0 Å². The largest absolute Gasteiger partial charge is 0.219 e. The molecule has 0 amide bonds. The van der Waals surface area contributed by atoms with E-state index >= 15 is 0 Å². The molecule has 0 unspecified atom stereocenters. The van der Waals surface area contributed by atoms with Crippen LogP contribution in [-0.4, -0.2) is 32.1 Å². The molecule has 1 radical (unpaired) electrons. The van der Waals surface area contributed by atoms with E-state index in [0.717, 1.165) is 0 Å². The summed E-state index contributed by atoms with van der Waals surface area (Å²) < 4.78 is 0. The Balaban J connectivity index is 5.71. The van der Waals surface area contributed by atoms with Crippen molar-refractivity contribution < 1.29 is 0 Å². The SMILES string of the molecule is CC(C)(C)[Si](C)(C)[Si](C#C[Si](C)(C)C)C#C[Si](C)(C)C. The highest BCUT2D eigenvalue weighted by Crippen LogP contribution is 2.37. The van der Waals surface area contributed by atoms with Crippen molar-refractivity contribution in [3.8, 4) is 22.2 Å². The van der Waals surface area contributed by atoms with Crippen LogP contribution in [0.5, 0.6) is 0 Å². The van der Waals surface area contributed by atoms with E-state index in [2.05, 4.69) is 95.3 Å². The topological polar surface area (TPSA) is 0 Å². The maximum atomic E-state index is 3.70. The number of hydrogen-bond acceptors (Lipinski definition) is 0. The molecule has 0 N–H and O–H groups in total. The van der Waals surface area contributed by atoms with Crippen LogP contribution in [0, 0.1) is 22.2 Å². The Hall–Kier alpha value is -0.0125. The van der Waals surface area contributed by atoms with Gasteiger partial charge in [-0.1, -0.05) is 73.1 Å². The van der Waals surface area contributed by atoms with Crippen LogP contribution in [-0.2, 0) is 0 Å². The van der Waals surface area contributed by atoms with Crippen LogP contribution in [0.2, 0.25) is 57.4 Å². The Morgan fingerprint density at radius 3 is 1.15 bits per heavy atom. The standard InChI is InChI=1S/C16H33Si4/c1-16(2,3)20(10,11)17(12-14-18(4,5)6)13-15-19(7,8)9/h1-11H3. The summed E-state index contributed by atoms with van der Waals surface area (Å²) in [5, 5.41) is 0.379. The van der Waals surface area contributed by atoms with Gasteiger partial charge in [-0.2, -0.15) is 0 Å². The summed E-state index contributed by atoms with van der Waals surface area (Å²) in [5.74, 6) is 0. The quantitative estimate of drug-likeness (QED) is 0.471. The maximum Gasteiger partial charge on any atom is 0.219 e. The molecule has 0 aliphatic heterocycles. The summed E-state index contributed by atoms with van der Waals surface area (Å²) in [4.78, 5) is 0. The molecule has 0 rings (SSSR count). The fourth-order valence-electron chi connectivity index (χ4n) is 1.22. The summed E-state index contributed by atoms with van der Waals surface area (Å²) in [6, 6.07) is 0. The Kier molecular flexibility index (Phi) is 6.39. The molecule has 0 heterocycles. The van der Waals surface area contributed by atoms with Gasteiger partial charge in [-0.15, -0.1) is 22.2 Å². The minimum Gasteiger partial charge on any atom is -0.138 e. The third-order valence-electron chi connectivity index (χ3n) is 3.62. The van der Waals surface area contributed by atoms with Gasteiger partial charge in [0.1, 0.15) is 16.1 Å². The lowest BCUT2D eigenvalue weighted by molar-refractivity contribution is 0.734. The highest BCUT2D eigenvalue weighted by atomic mass is 29.2. The zero-order valence-electron chi connectivity index (χ0n) is 15.5. The lowest BCUT2D eigenvalue weighted by Crippen LogP contribution is -2.52. The van der Waals surface area contributed by atoms with Gasteiger partial charge in [0.25, 0.3) is 0 Å². The van der Waals surface area contributed by atoms with Crippen molar-refractivity contribution in [2.45, 2.75) is 78.2 Å². The molecule has 113 valence electrons. The van der Waals surface area contributed by atoms with Gasteiger partial charge >= 0.3 is 0 Å². The van der Waals surface area contributed by atoms with Crippen molar-refractivity contribution in [1.82, 2.24) is 0 Å². The van der Waals surface area contributed by atoms with Crippen molar-refractivity contribution in [2.24, 2.45) is 0 Å². The zero-order valence-corrected chi connectivity index (χ0v) is 19.5. The predicted octanol–water partition coefficient (Wildman–Crippen LogP) is 4.91. The summed E-state index contributed by atoms with van der Waals surface area (Å²) >= 11 is 0. The lowest BCUT2D eigenvalue weighted by atomic mass is 10.2. The first-order valence-electron chi connectivity index (χ1n) is 7.50. The maximum absolute atomic E-state index is 3.70.